The lowest BCUT2D eigenvalue weighted by atomic mass is 9.92. The van der Waals surface area contributed by atoms with Gasteiger partial charge < -0.3 is 10.1 Å². The number of rotatable bonds is 3. The summed E-state index contributed by atoms with van der Waals surface area (Å²) >= 11 is 0. The molecule has 0 bridgehead atoms. The summed E-state index contributed by atoms with van der Waals surface area (Å²) in [6, 6.07) is 8.82. The fourth-order valence-electron chi connectivity index (χ4n) is 2.18. The van der Waals surface area contributed by atoms with E-state index in [2.05, 4.69) is 44.3 Å². The van der Waals surface area contributed by atoms with Crippen molar-refractivity contribution in [1.82, 2.24) is 5.32 Å². The summed E-state index contributed by atoms with van der Waals surface area (Å²) in [5.74, 6) is 1.05. The summed E-state index contributed by atoms with van der Waals surface area (Å²) in [5, 5.41) is 3.65. The molecule has 0 radical (unpaired) electrons. The van der Waals surface area contributed by atoms with Gasteiger partial charge in [0.25, 0.3) is 0 Å². The van der Waals surface area contributed by atoms with Crippen LogP contribution in [0.1, 0.15) is 45.2 Å². The third-order valence-electron chi connectivity index (χ3n) is 3.22. The van der Waals surface area contributed by atoms with Crippen molar-refractivity contribution in [2.75, 3.05) is 13.2 Å². The van der Waals surface area contributed by atoms with Gasteiger partial charge in [-0.15, -0.1) is 0 Å². The first-order valence-electron chi connectivity index (χ1n) is 6.51. The normalized spacial score (nSPS) is 19.6. The van der Waals surface area contributed by atoms with Crippen LogP contribution in [0.4, 0.5) is 0 Å². The lowest BCUT2D eigenvalue weighted by molar-refractivity contribution is 0.247. The van der Waals surface area contributed by atoms with Crippen LogP contribution in [0.15, 0.2) is 24.3 Å². The van der Waals surface area contributed by atoms with Gasteiger partial charge in [0, 0.05) is 18.0 Å². The number of benzene rings is 1. The zero-order valence-corrected chi connectivity index (χ0v) is 11.1. The molecule has 1 aliphatic heterocycles. The van der Waals surface area contributed by atoms with Crippen molar-refractivity contribution in [2.45, 2.75) is 39.7 Å². The van der Waals surface area contributed by atoms with Gasteiger partial charge in [-0.05, 0) is 24.4 Å². The van der Waals surface area contributed by atoms with Gasteiger partial charge >= 0.3 is 0 Å². The monoisotopic (exact) mass is 233 g/mol. The number of hydrogen-bond donors (Lipinski definition) is 1. The smallest absolute Gasteiger partial charge is 0.124 e. The zero-order chi connectivity index (χ0) is 12.3. The van der Waals surface area contributed by atoms with Crippen LogP contribution in [-0.2, 0) is 0 Å². The Labute approximate surface area is 104 Å². The maximum Gasteiger partial charge on any atom is 0.124 e. The van der Waals surface area contributed by atoms with E-state index in [0.717, 1.165) is 25.3 Å². The molecule has 0 unspecified atom stereocenters. The van der Waals surface area contributed by atoms with Crippen LogP contribution in [-0.4, -0.2) is 13.2 Å². The molecule has 0 fully saturated rings. The molecule has 94 valence electrons. The van der Waals surface area contributed by atoms with Crippen LogP contribution in [0.2, 0.25) is 0 Å². The minimum absolute atomic E-state index is 0.400. The second-order valence-corrected chi connectivity index (χ2v) is 5.99. The average molecular weight is 233 g/mol. The van der Waals surface area contributed by atoms with Crippen molar-refractivity contribution in [3.8, 4) is 5.75 Å². The highest BCUT2D eigenvalue weighted by Crippen LogP contribution is 2.31. The summed E-state index contributed by atoms with van der Waals surface area (Å²) in [7, 11) is 0. The highest BCUT2D eigenvalue weighted by molar-refractivity contribution is 5.37. The molecule has 0 amide bonds. The Balaban J connectivity index is 1.95. The summed E-state index contributed by atoms with van der Waals surface area (Å²) < 4.78 is 5.66. The highest BCUT2D eigenvalue weighted by atomic mass is 16.5. The summed E-state index contributed by atoms with van der Waals surface area (Å²) in [6.07, 6.45) is 2.27. The lowest BCUT2D eigenvalue weighted by Crippen LogP contribution is -2.29. The quantitative estimate of drug-likeness (QED) is 0.862. The Kier molecular flexibility index (Phi) is 3.72. The Morgan fingerprint density at radius 1 is 1.29 bits per heavy atom. The molecule has 1 heterocycles. The Hall–Kier alpha value is -1.02. The summed E-state index contributed by atoms with van der Waals surface area (Å²) in [5.41, 5.74) is 1.71. The molecule has 17 heavy (non-hydrogen) atoms. The van der Waals surface area contributed by atoms with E-state index in [1.54, 1.807) is 0 Å². The van der Waals surface area contributed by atoms with Crippen molar-refractivity contribution >= 4 is 0 Å². The second-order valence-electron chi connectivity index (χ2n) is 5.99. The summed E-state index contributed by atoms with van der Waals surface area (Å²) in [6.45, 7) is 8.75. The third kappa shape index (κ3) is 3.47. The largest absolute Gasteiger partial charge is 0.493 e. The van der Waals surface area contributed by atoms with E-state index in [1.165, 1.54) is 12.0 Å². The van der Waals surface area contributed by atoms with Gasteiger partial charge in [-0.1, -0.05) is 39.0 Å². The van der Waals surface area contributed by atoms with Gasteiger partial charge in [0.2, 0.25) is 0 Å². The first-order valence-corrected chi connectivity index (χ1v) is 6.51. The van der Waals surface area contributed by atoms with Gasteiger partial charge in [0.1, 0.15) is 5.75 Å². The standard InChI is InChI=1S/C15H23NO/c1-15(2,3)9-10-16-13-8-11-17-14-7-5-4-6-12(13)14/h4-7,13,16H,8-11H2,1-3H3/t13-/m1/s1. The van der Waals surface area contributed by atoms with Crippen molar-refractivity contribution in [2.24, 2.45) is 5.41 Å². The highest BCUT2D eigenvalue weighted by Gasteiger charge is 2.20. The Morgan fingerprint density at radius 2 is 2.06 bits per heavy atom. The molecule has 0 aliphatic carbocycles. The molecule has 0 spiro atoms. The third-order valence-corrected chi connectivity index (χ3v) is 3.22. The lowest BCUT2D eigenvalue weighted by Gasteiger charge is -2.28. The van der Waals surface area contributed by atoms with E-state index in [-0.39, 0.29) is 0 Å². The summed E-state index contributed by atoms with van der Waals surface area (Å²) in [4.78, 5) is 0. The van der Waals surface area contributed by atoms with E-state index >= 15 is 0 Å². The molecular weight excluding hydrogens is 210 g/mol. The van der Waals surface area contributed by atoms with Crippen molar-refractivity contribution < 1.29 is 4.74 Å². The number of ether oxygens (including phenoxy) is 1. The maximum absolute atomic E-state index is 5.66. The second kappa shape index (κ2) is 5.09. The molecule has 2 heteroatoms. The van der Waals surface area contributed by atoms with Crippen molar-refractivity contribution in [3.05, 3.63) is 29.8 Å². The van der Waals surface area contributed by atoms with E-state index in [0.29, 0.717) is 11.5 Å². The molecule has 1 N–H and O–H groups in total. The number of hydrogen-bond acceptors (Lipinski definition) is 2. The van der Waals surface area contributed by atoms with Crippen LogP contribution in [0, 0.1) is 5.41 Å². The SMILES string of the molecule is CC(C)(C)CCN[C@@H]1CCOc2ccccc21. The fraction of sp³-hybridized carbons (Fsp3) is 0.600. The first kappa shape index (κ1) is 12.4. The molecule has 1 aliphatic rings. The van der Waals surface area contributed by atoms with Crippen LogP contribution < -0.4 is 10.1 Å². The molecule has 1 aromatic carbocycles. The zero-order valence-electron chi connectivity index (χ0n) is 11.1. The number of fused-ring (bicyclic) bond motifs is 1. The number of nitrogens with one attached hydrogen (secondary N) is 1. The predicted molar refractivity (Wildman–Crippen MR) is 71.4 cm³/mol. The number of para-hydroxylation sites is 1. The van der Waals surface area contributed by atoms with Crippen LogP contribution in [0.3, 0.4) is 0 Å². The average Bonchev–Trinajstić information content (AvgIpc) is 2.28. The molecule has 1 aromatic rings. The van der Waals surface area contributed by atoms with E-state index in [1.807, 2.05) is 6.07 Å². The fourth-order valence-corrected chi connectivity index (χ4v) is 2.18. The van der Waals surface area contributed by atoms with Gasteiger partial charge in [-0.2, -0.15) is 0 Å². The molecule has 0 saturated carbocycles. The Bertz CT molecular complexity index is 367. The predicted octanol–water partition coefficient (Wildman–Crippen LogP) is 3.54. The van der Waals surface area contributed by atoms with E-state index in [9.17, 15) is 0 Å². The van der Waals surface area contributed by atoms with E-state index in [4.69, 9.17) is 4.74 Å². The Morgan fingerprint density at radius 3 is 2.82 bits per heavy atom. The van der Waals surface area contributed by atoms with Crippen LogP contribution in [0.25, 0.3) is 0 Å². The van der Waals surface area contributed by atoms with E-state index < -0.39 is 0 Å². The van der Waals surface area contributed by atoms with Crippen LogP contribution in [0.5, 0.6) is 5.75 Å². The topological polar surface area (TPSA) is 21.3 Å². The minimum atomic E-state index is 0.400. The molecule has 2 nitrogen and oxygen atoms in total. The van der Waals surface area contributed by atoms with Gasteiger partial charge in [0.05, 0.1) is 6.61 Å². The first-order chi connectivity index (χ1) is 8.06. The molecule has 1 atom stereocenters. The van der Waals surface area contributed by atoms with Gasteiger partial charge in [-0.3, -0.25) is 0 Å². The molecule has 0 saturated heterocycles. The van der Waals surface area contributed by atoms with Gasteiger partial charge in [-0.25, -0.2) is 0 Å². The maximum atomic E-state index is 5.66. The van der Waals surface area contributed by atoms with Crippen molar-refractivity contribution in [3.63, 3.8) is 0 Å². The van der Waals surface area contributed by atoms with Crippen molar-refractivity contribution in [1.29, 1.82) is 0 Å². The molecule has 2 rings (SSSR count). The molecule has 0 aromatic heterocycles. The molecular formula is C15H23NO. The minimum Gasteiger partial charge on any atom is -0.493 e. The van der Waals surface area contributed by atoms with Gasteiger partial charge in [0.15, 0.2) is 0 Å². The van der Waals surface area contributed by atoms with Crippen LogP contribution >= 0.6 is 0 Å².